The van der Waals surface area contributed by atoms with Gasteiger partial charge in [-0.05, 0) is 58.7 Å². The minimum Gasteiger partial charge on any atom is -0.309 e. The Morgan fingerprint density at radius 3 is 2.81 bits per heavy atom. The first-order chi connectivity index (χ1) is 10.3. The molecule has 0 radical (unpaired) electrons. The predicted octanol–water partition coefficient (Wildman–Crippen LogP) is 4.95. The van der Waals surface area contributed by atoms with Crippen LogP contribution in [-0.4, -0.2) is 11.5 Å². The number of likely N-dealkylation sites (N-methyl/N-ethyl adjacent to an activating group) is 1. The molecule has 0 aliphatic carbocycles. The minimum absolute atomic E-state index is 0.345. The molecular formula is C17H17BrN2S. The molecule has 0 amide bonds. The molecule has 4 heteroatoms. The lowest BCUT2D eigenvalue weighted by atomic mass is 10.0. The predicted molar refractivity (Wildman–Crippen MR) is 93.9 cm³/mol. The van der Waals surface area contributed by atoms with E-state index in [1.807, 2.05) is 12.3 Å². The van der Waals surface area contributed by atoms with E-state index in [-0.39, 0.29) is 0 Å². The van der Waals surface area contributed by atoms with E-state index in [0.29, 0.717) is 6.04 Å². The Bertz CT molecular complexity index is 733. The van der Waals surface area contributed by atoms with Gasteiger partial charge in [0.1, 0.15) is 0 Å². The van der Waals surface area contributed by atoms with Gasteiger partial charge in [-0.1, -0.05) is 25.1 Å². The molecular weight excluding hydrogens is 344 g/mol. The maximum Gasteiger partial charge on any atom is 0.0704 e. The topological polar surface area (TPSA) is 24.9 Å². The molecule has 0 aliphatic heterocycles. The lowest BCUT2D eigenvalue weighted by molar-refractivity contribution is 0.559. The van der Waals surface area contributed by atoms with Gasteiger partial charge in [0.25, 0.3) is 0 Å². The van der Waals surface area contributed by atoms with Crippen molar-refractivity contribution >= 4 is 38.2 Å². The van der Waals surface area contributed by atoms with Crippen LogP contribution in [0.5, 0.6) is 0 Å². The van der Waals surface area contributed by atoms with E-state index in [2.05, 4.69) is 69.6 Å². The van der Waals surface area contributed by atoms with Crippen LogP contribution in [-0.2, 0) is 6.42 Å². The molecule has 21 heavy (non-hydrogen) atoms. The van der Waals surface area contributed by atoms with Crippen LogP contribution in [0.4, 0.5) is 0 Å². The molecule has 3 aromatic rings. The van der Waals surface area contributed by atoms with Crippen LogP contribution in [0.25, 0.3) is 10.9 Å². The van der Waals surface area contributed by atoms with Crippen molar-refractivity contribution < 1.29 is 0 Å². The summed E-state index contributed by atoms with van der Waals surface area (Å²) in [5.74, 6) is 0. The van der Waals surface area contributed by atoms with Gasteiger partial charge in [-0.2, -0.15) is 0 Å². The Labute approximate surface area is 137 Å². The molecule has 1 unspecified atom stereocenters. The average molecular weight is 361 g/mol. The summed E-state index contributed by atoms with van der Waals surface area (Å²) in [5, 5.41) is 4.84. The highest BCUT2D eigenvalue weighted by molar-refractivity contribution is 9.11. The zero-order chi connectivity index (χ0) is 14.7. The van der Waals surface area contributed by atoms with E-state index in [4.69, 9.17) is 0 Å². The van der Waals surface area contributed by atoms with E-state index >= 15 is 0 Å². The van der Waals surface area contributed by atoms with Crippen LogP contribution in [0.15, 0.2) is 52.4 Å². The molecule has 2 nitrogen and oxygen atoms in total. The third-order valence-electron chi connectivity index (χ3n) is 3.55. The maximum atomic E-state index is 4.45. The Morgan fingerprint density at radius 2 is 2.05 bits per heavy atom. The number of nitrogens with zero attached hydrogens (tertiary/aromatic N) is 1. The summed E-state index contributed by atoms with van der Waals surface area (Å²) < 4.78 is 1.18. The molecule has 0 bridgehead atoms. The highest BCUT2D eigenvalue weighted by Crippen LogP contribution is 2.30. The normalized spacial score (nSPS) is 12.7. The fourth-order valence-electron chi connectivity index (χ4n) is 2.59. The summed E-state index contributed by atoms with van der Waals surface area (Å²) in [4.78, 5) is 5.81. The fraction of sp³-hybridized carbons (Fsp3) is 0.235. The molecule has 0 saturated heterocycles. The van der Waals surface area contributed by atoms with Crippen LogP contribution in [0, 0.1) is 0 Å². The number of benzene rings is 1. The summed E-state index contributed by atoms with van der Waals surface area (Å²) in [6.07, 6.45) is 2.88. The monoisotopic (exact) mass is 360 g/mol. The summed E-state index contributed by atoms with van der Waals surface area (Å²) in [6.45, 7) is 3.11. The van der Waals surface area contributed by atoms with Crippen molar-refractivity contribution in [3.8, 4) is 0 Å². The summed E-state index contributed by atoms with van der Waals surface area (Å²) in [5.41, 5.74) is 2.41. The second-order valence-corrected chi connectivity index (χ2v) is 7.44. The standard InChI is InChI=1S/C17H17BrN2S/c1-2-19-15(16-7-8-17(18)21-16)11-12-9-10-20-14-6-4-3-5-13(12)14/h3-10,15,19H,2,11H2,1H3. The number of rotatable bonds is 5. The van der Waals surface area contributed by atoms with E-state index < -0.39 is 0 Å². The zero-order valence-electron chi connectivity index (χ0n) is 11.8. The average Bonchev–Trinajstić information content (AvgIpc) is 2.94. The molecule has 0 saturated carbocycles. The molecule has 0 fully saturated rings. The number of aromatic nitrogens is 1. The van der Waals surface area contributed by atoms with Gasteiger partial charge in [-0.25, -0.2) is 0 Å². The Balaban J connectivity index is 1.94. The number of pyridine rings is 1. The number of nitrogens with one attached hydrogen (secondary N) is 1. The van der Waals surface area contributed by atoms with Crippen LogP contribution in [0.2, 0.25) is 0 Å². The molecule has 2 aromatic heterocycles. The molecule has 1 N–H and O–H groups in total. The lowest BCUT2D eigenvalue weighted by Crippen LogP contribution is -2.22. The Kier molecular flexibility index (Phi) is 4.68. The zero-order valence-corrected chi connectivity index (χ0v) is 14.2. The summed E-state index contributed by atoms with van der Waals surface area (Å²) in [7, 11) is 0. The van der Waals surface area contributed by atoms with Crippen molar-refractivity contribution in [3.63, 3.8) is 0 Å². The van der Waals surface area contributed by atoms with Gasteiger partial charge in [0.05, 0.1) is 9.30 Å². The van der Waals surface area contributed by atoms with Crippen LogP contribution in [0.3, 0.4) is 0 Å². The summed E-state index contributed by atoms with van der Waals surface area (Å²) in [6, 6.07) is 15.1. The SMILES string of the molecule is CCNC(Cc1ccnc2ccccc12)c1ccc(Br)s1. The smallest absolute Gasteiger partial charge is 0.0704 e. The van der Waals surface area contributed by atoms with Gasteiger partial charge in [-0.15, -0.1) is 11.3 Å². The Hall–Kier alpha value is -1.23. The molecule has 0 aliphatic rings. The van der Waals surface area contributed by atoms with Crippen LogP contribution >= 0.6 is 27.3 Å². The molecule has 108 valence electrons. The van der Waals surface area contributed by atoms with Gasteiger partial charge >= 0.3 is 0 Å². The van der Waals surface area contributed by atoms with Gasteiger partial charge in [0.2, 0.25) is 0 Å². The largest absolute Gasteiger partial charge is 0.309 e. The quantitative estimate of drug-likeness (QED) is 0.695. The van der Waals surface area contributed by atoms with E-state index in [1.54, 1.807) is 11.3 Å². The van der Waals surface area contributed by atoms with Gasteiger partial charge in [0.15, 0.2) is 0 Å². The highest BCUT2D eigenvalue weighted by Gasteiger charge is 2.15. The van der Waals surface area contributed by atoms with Gasteiger partial charge in [-0.3, -0.25) is 4.98 Å². The van der Waals surface area contributed by atoms with Crippen LogP contribution < -0.4 is 5.32 Å². The van der Waals surface area contributed by atoms with E-state index in [1.165, 1.54) is 19.6 Å². The first-order valence-electron chi connectivity index (χ1n) is 7.09. The third kappa shape index (κ3) is 3.34. The number of para-hydroxylation sites is 1. The van der Waals surface area contributed by atoms with Crippen molar-refractivity contribution in [1.29, 1.82) is 0 Å². The first-order valence-corrected chi connectivity index (χ1v) is 8.70. The van der Waals surface area contributed by atoms with Crippen molar-refractivity contribution in [3.05, 3.63) is 62.9 Å². The summed E-state index contributed by atoms with van der Waals surface area (Å²) >= 11 is 5.36. The van der Waals surface area contributed by atoms with Gasteiger partial charge in [0, 0.05) is 22.5 Å². The van der Waals surface area contributed by atoms with Crippen molar-refractivity contribution in [2.24, 2.45) is 0 Å². The van der Waals surface area contributed by atoms with Crippen LogP contribution in [0.1, 0.15) is 23.4 Å². The highest BCUT2D eigenvalue weighted by atomic mass is 79.9. The first kappa shape index (κ1) is 14.7. The van der Waals surface area contributed by atoms with E-state index in [9.17, 15) is 0 Å². The molecule has 2 heterocycles. The molecule has 0 spiro atoms. The third-order valence-corrected chi connectivity index (χ3v) is 5.29. The number of hydrogen-bond acceptors (Lipinski definition) is 3. The minimum atomic E-state index is 0.345. The number of hydrogen-bond donors (Lipinski definition) is 1. The second-order valence-electron chi connectivity index (χ2n) is 4.94. The molecule has 1 atom stereocenters. The van der Waals surface area contributed by atoms with Gasteiger partial charge < -0.3 is 5.32 Å². The fourth-order valence-corrected chi connectivity index (χ4v) is 4.09. The molecule has 3 rings (SSSR count). The van der Waals surface area contributed by atoms with E-state index in [0.717, 1.165) is 18.5 Å². The van der Waals surface area contributed by atoms with Crippen molar-refractivity contribution in [1.82, 2.24) is 10.3 Å². The molecule has 1 aromatic carbocycles. The number of halogens is 1. The van der Waals surface area contributed by atoms with Crippen molar-refractivity contribution in [2.75, 3.05) is 6.54 Å². The lowest BCUT2D eigenvalue weighted by Gasteiger charge is -2.17. The Morgan fingerprint density at radius 1 is 1.19 bits per heavy atom. The second kappa shape index (κ2) is 6.69. The number of fused-ring (bicyclic) bond motifs is 1. The number of thiophene rings is 1. The van der Waals surface area contributed by atoms with Crippen molar-refractivity contribution in [2.45, 2.75) is 19.4 Å². The maximum absolute atomic E-state index is 4.45.